The molecule has 1 N–H and O–H groups in total. The van der Waals surface area contributed by atoms with Crippen molar-refractivity contribution in [2.45, 2.75) is 20.4 Å². The Labute approximate surface area is 210 Å². The first-order chi connectivity index (χ1) is 16.7. The number of nitrogens with one attached hydrogen (secondary N) is 1. The van der Waals surface area contributed by atoms with Crippen LogP contribution in [0.15, 0.2) is 65.6 Å². The number of hydrogen-bond donors (Lipinski definition) is 1. The Hall–Kier alpha value is -3.49. The highest BCUT2D eigenvalue weighted by Crippen LogP contribution is 2.45. The number of anilines is 2. The van der Waals surface area contributed by atoms with Gasteiger partial charge in [-0.25, -0.2) is 8.42 Å². The van der Waals surface area contributed by atoms with Crippen molar-refractivity contribution in [2.75, 3.05) is 23.8 Å². The van der Waals surface area contributed by atoms with E-state index in [9.17, 15) is 13.2 Å². The Morgan fingerprint density at radius 3 is 2.26 bits per heavy atom. The summed E-state index contributed by atoms with van der Waals surface area (Å²) in [5.41, 5.74) is 3.24. The summed E-state index contributed by atoms with van der Waals surface area (Å²) in [4.78, 5) is 13.1. The van der Waals surface area contributed by atoms with E-state index < -0.39 is 15.9 Å². The molecule has 0 unspecified atom stereocenters. The summed E-state index contributed by atoms with van der Waals surface area (Å²) in [5.74, 6) is 0.0845. The van der Waals surface area contributed by atoms with Gasteiger partial charge in [-0.15, -0.1) is 0 Å². The van der Waals surface area contributed by atoms with Crippen LogP contribution in [0.2, 0.25) is 5.02 Å². The maximum Gasteiger partial charge on any atom is 0.270 e. The van der Waals surface area contributed by atoms with E-state index in [4.69, 9.17) is 21.1 Å². The third kappa shape index (κ3) is 4.59. The van der Waals surface area contributed by atoms with Gasteiger partial charge in [0.15, 0.2) is 16.4 Å². The van der Waals surface area contributed by atoms with E-state index in [-0.39, 0.29) is 11.4 Å². The summed E-state index contributed by atoms with van der Waals surface area (Å²) in [7, 11) is -1.24. The zero-order valence-corrected chi connectivity index (χ0v) is 21.3. The summed E-state index contributed by atoms with van der Waals surface area (Å²) in [6.45, 7) is 3.44. The minimum absolute atomic E-state index is 0.0374. The van der Waals surface area contributed by atoms with Gasteiger partial charge in [-0.05, 0) is 54.8 Å². The zero-order chi connectivity index (χ0) is 25.3. The largest absolute Gasteiger partial charge is 0.493 e. The number of fused-ring (bicyclic) bond motifs is 1. The topological polar surface area (TPSA) is 84.9 Å². The number of aryl methyl sites for hydroxylation is 1. The molecule has 1 heterocycles. The fourth-order valence-corrected chi connectivity index (χ4v) is 6.04. The van der Waals surface area contributed by atoms with Gasteiger partial charge in [-0.1, -0.05) is 41.9 Å². The van der Waals surface area contributed by atoms with Crippen LogP contribution in [0.3, 0.4) is 0 Å². The minimum Gasteiger partial charge on any atom is -0.493 e. The highest BCUT2D eigenvalue weighted by molar-refractivity contribution is 7.97. The van der Waals surface area contributed by atoms with Crippen LogP contribution < -0.4 is 19.1 Å². The SMILES string of the molecule is COc1cc2c(cc1OC)N(Cc1ccccc1)S(=O)(=O)C(C(=O)Nc1ccc(Cl)cc1C)=C2C. The van der Waals surface area contributed by atoms with Crippen molar-refractivity contribution in [1.29, 1.82) is 0 Å². The molecule has 0 radical (unpaired) electrons. The summed E-state index contributed by atoms with van der Waals surface area (Å²) >= 11 is 6.03. The van der Waals surface area contributed by atoms with E-state index in [0.29, 0.717) is 44.6 Å². The molecule has 1 aliphatic heterocycles. The molecule has 35 heavy (non-hydrogen) atoms. The van der Waals surface area contributed by atoms with Gasteiger partial charge in [0.2, 0.25) is 0 Å². The Kier molecular flexibility index (Phi) is 6.78. The lowest BCUT2D eigenvalue weighted by Crippen LogP contribution is -2.39. The average molecular weight is 513 g/mol. The zero-order valence-electron chi connectivity index (χ0n) is 19.8. The highest BCUT2D eigenvalue weighted by atomic mass is 35.5. The first-order valence-corrected chi connectivity index (χ1v) is 12.6. The predicted molar refractivity (Wildman–Crippen MR) is 139 cm³/mol. The van der Waals surface area contributed by atoms with Crippen LogP contribution in [0.25, 0.3) is 5.57 Å². The molecule has 0 atom stereocenters. The molecule has 4 rings (SSSR count). The molecule has 1 aliphatic rings. The highest BCUT2D eigenvalue weighted by Gasteiger charge is 2.40. The molecule has 7 nitrogen and oxygen atoms in total. The van der Waals surface area contributed by atoms with Crippen LogP contribution in [-0.4, -0.2) is 28.5 Å². The van der Waals surface area contributed by atoms with E-state index in [2.05, 4.69) is 5.32 Å². The first-order valence-electron chi connectivity index (χ1n) is 10.8. The number of carbonyl (C=O) groups excluding carboxylic acids is 1. The van der Waals surface area contributed by atoms with Crippen molar-refractivity contribution in [3.8, 4) is 11.5 Å². The molecule has 0 aromatic heterocycles. The fourth-order valence-electron chi connectivity index (χ4n) is 4.08. The number of nitrogens with zero attached hydrogens (tertiary/aromatic N) is 1. The first kappa shape index (κ1) is 24.6. The molecule has 3 aromatic rings. The van der Waals surface area contributed by atoms with Gasteiger partial charge < -0.3 is 14.8 Å². The number of rotatable bonds is 6. The maximum atomic E-state index is 13.9. The van der Waals surface area contributed by atoms with Crippen molar-refractivity contribution < 1.29 is 22.7 Å². The van der Waals surface area contributed by atoms with Crippen LogP contribution in [0.1, 0.15) is 23.6 Å². The number of ether oxygens (including phenoxy) is 2. The number of benzene rings is 3. The second-order valence-electron chi connectivity index (χ2n) is 8.09. The van der Waals surface area contributed by atoms with E-state index in [1.165, 1.54) is 18.5 Å². The van der Waals surface area contributed by atoms with Gasteiger partial charge in [0.1, 0.15) is 0 Å². The number of carbonyl (C=O) groups is 1. The van der Waals surface area contributed by atoms with Crippen LogP contribution >= 0.6 is 11.6 Å². The van der Waals surface area contributed by atoms with Gasteiger partial charge in [-0.2, -0.15) is 0 Å². The fraction of sp³-hybridized carbons (Fsp3) is 0.192. The van der Waals surface area contributed by atoms with Gasteiger partial charge >= 0.3 is 0 Å². The predicted octanol–water partition coefficient (Wildman–Crippen LogP) is 5.39. The molecule has 0 spiro atoms. The van der Waals surface area contributed by atoms with Gasteiger partial charge in [-0.3, -0.25) is 9.10 Å². The lowest BCUT2D eigenvalue weighted by atomic mass is 10.0. The third-order valence-corrected chi connectivity index (χ3v) is 8.02. The standard InChI is InChI=1S/C26H25ClN2O5S/c1-16-12-19(27)10-11-21(16)28-26(30)25-17(2)20-13-23(33-3)24(34-4)14-22(20)29(35(25,31)32)15-18-8-6-5-7-9-18/h5-14H,15H2,1-4H3,(H,28,30). The lowest BCUT2D eigenvalue weighted by molar-refractivity contribution is -0.112. The maximum absolute atomic E-state index is 13.9. The van der Waals surface area contributed by atoms with E-state index >= 15 is 0 Å². The third-order valence-electron chi connectivity index (χ3n) is 5.88. The number of allylic oxidation sites excluding steroid dienone is 1. The molecule has 0 aliphatic carbocycles. The van der Waals surface area contributed by atoms with Crippen LogP contribution in [0.5, 0.6) is 11.5 Å². The number of hydrogen-bond acceptors (Lipinski definition) is 5. The molecular weight excluding hydrogens is 488 g/mol. The minimum atomic E-state index is -4.23. The van der Waals surface area contributed by atoms with Crippen molar-refractivity contribution in [3.63, 3.8) is 0 Å². The van der Waals surface area contributed by atoms with E-state index in [1.807, 2.05) is 30.3 Å². The summed E-state index contributed by atoms with van der Waals surface area (Å²) < 4.78 is 40.0. The molecule has 1 amide bonds. The Morgan fingerprint density at radius 1 is 0.971 bits per heavy atom. The van der Waals surface area contributed by atoms with E-state index in [1.54, 1.807) is 44.2 Å². The monoisotopic (exact) mass is 512 g/mol. The molecule has 182 valence electrons. The van der Waals surface area contributed by atoms with Gasteiger partial charge in [0.05, 0.1) is 26.5 Å². The van der Waals surface area contributed by atoms with Gasteiger partial charge in [0.25, 0.3) is 15.9 Å². The second kappa shape index (κ2) is 9.64. The lowest BCUT2D eigenvalue weighted by Gasteiger charge is -2.33. The van der Waals surface area contributed by atoms with Gasteiger partial charge in [0, 0.05) is 22.3 Å². The smallest absolute Gasteiger partial charge is 0.270 e. The summed E-state index contributed by atoms with van der Waals surface area (Å²) in [5, 5.41) is 3.26. The molecule has 3 aromatic carbocycles. The van der Waals surface area contributed by atoms with Crippen molar-refractivity contribution >= 4 is 44.5 Å². The molecule has 0 saturated carbocycles. The molecule has 0 saturated heterocycles. The van der Waals surface area contributed by atoms with Crippen LogP contribution in [0.4, 0.5) is 11.4 Å². The normalized spacial score (nSPS) is 14.4. The number of sulfonamides is 1. The molecule has 0 fully saturated rings. The molecular formula is C26H25ClN2O5S. The van der Waals surface area contributed by atoms with E-state index in [0.717, 1.165) is 5.56 Å². The second-order valence-corrected chi connectivity index (χ2v) is 10.3. The van der Waals surface area contributed by atoms with Crippen molar-refractivity contribution in [3.05, 3.63) is 87.3 Å². The Balaban J connectivity index is 1.89. The Morgan fingerprint density at radius 2 is 1.63 bits per heavy atom. The average Bonchev–Trinajstić information content (AvgIpc) is 2.83. The molecule has 9 heteroatoms. The van der Waals surface area contributed by atoms with Crippen molar-refractivity contribution in [1.82, 2.24) is 0 Å². The van der Waals surface area contributed by atoms with Crippen LogP contribution in [0, 0.1) is 6.92 Å². The summed E-state index contributed by atoms with van der Waals surface area (Å²) in [6.07, 6.45) is 0. The number of amides is 1. The Bertz CT molecular complexity index is 1440. The molecule has 0 bridgehead atoms. The number of halogens is 1. The number of methoxy groups -OCH3 is 2. The van der Waals surface area contributed by atoms with Crippen LogP contribution in [-0.2, 0) is 21.4 Å². The van der Waals surface area contributed by atoms with Crippen molar-refractivity contribution in [2.24, 2.45) is 0 Å². The quantitative estimate of drug-likeness (QED) is 0.479. The summed E-state index contributed by atoms with van der Waals surface area (Å²) in [6, 6.07) is 17.5.